The Labute approximate surface area is 149 Å². The Balaban J connectivity index is 2.59. The van der Waals surface area contributed by atoms with E-state index in [1.54, 1.807) is 24.9 Å². The first-order chi connectivity index (χ1) is 12.0. The number of rotatable bonds is 5. The molecule has 0 saturated carbocycles. The van der Waals surface area contributed by atoms with Crippen molar-refractivity contribution in [1.29, 1.82) is 5.26 Å². The van der Waals surface area contributed by atoms with Crippen molar-refractivity contribution in [1.82, 2.24) is 9.36 Å². The van der Waals surface area contributed by atoms with Gasteiger partial charge in [0, 0.05) is 7.05 Å². The van der Waals surface area contributed by atoms with Crippen LogP contribution in [0.1, 0.15) is 5.69 Å². The van der Waals surface area contributed by atoms with Gasteiger partial charge >= 0.3 is 5.97 Å². The lowest BCUT2D eigenvalue weighted by atomic mass is 10.3. The van der Waals surface area contributed by atoms with Crippen molar-refractivity contribution in [3.05, 3.63) is 57.0 Å². The zero-order valence-corrected chi connectivity index (χ0v) is 15.2. The van der Waals surface area contributed by atoms with Gasteiger partial charge in [0.25, 0.3) is 5.56 Å². The largest absolute Gasteiger partial charge is 0.465 e. The van der Waals surface area contributed by atoms with Gasteiger partial charge in [-0.25, -0.2) is 9.48 Å². The Hall–Kier alpha value is -2.92. The molecule has 0 unspecified atom stereocenters. The average Bonchev–Trinajstić information content (AvgIpc) is 2.84. The summed E-state index contributed by atoms with van der Waals surface area (Å²) >= 11 is 1.16. The summed E-state index contributed by atoms with van der Waals surface area (Å²) in [6, 6.07) is 11.0. The van der Waals surface area contributed by atoms with Crippen LogP contribution in [-0.4, -0.2) is 28.7 Å². The molecule has 1 heterocycles. The number of anilines is 1. The zero-order chi connectivity index (χ0) is 18.6. The van der Waals surface area contributed by atoms with Gasteiger partial charge in [-0.2, -0.15) is 5.26 Å². The van der Waals surface area contributed by atoms with E-state index in [9.17, 15) is 14.9 Å². The molecule has 0 saturated heterocycles. The maximum Gasteiger partial charge on any atom is 0.351 e. The third-order valence-corrected chi connectivity index (χ3v) is 4.44. The number of methoxy groups -OCH3 is 1. The van der Waals surface area contributed by atoms with E-state index in [4.69, 9.17) is 0 Å². The highest BCUT2D eigenvalue weighted by Gasteiger charge is 2.21. The van der Waals surface area contributed by atoms with Crippen molar-refractivity contribution in [2.45, 2.75) is 6.92 Å². The minimum atomic E-state index is -0.753. The molecule has 0 aliphatic heterocycles. The molecule has 2 aromatic rings. The number of nitriles is 1. The number of ether oxygens (including phenoxy) is 1. The van der Waals surface area contributed by atoms with Crippen LogP contribution in [0, 0.1) is 18.3 Å². The topological polar surface area (TPSA) is 89.1 Å². The molecule has 0 spiro atoms. The minimum Gasteiger partial charge on any atom is -0.465 e. The summed E-state index contributed by atoms with van der Waals surface area (Å²) in [5, 5.41) is 12.4. The number of benzene rings is 1. The van der Waals surface area contributed by atoms with Crippen LogP contribution in [-0.2, 0) is 16.6 Å². The van der Waals surface area contributed by atoms with E-state index < -0.39 is 5.97 Å². The molecule has 0 bridgehead atoms. The van der Waals surface area contributed by atoms with E-state index in [-0.39, 0.29) is 16.2 Å². The molecule has 8 heteroatoms. The Kier molecular flexibility index (Phi) is 5.72. The lowest BCUT2D eigenvalue weighted by molar-refractivity contribution is -0.135. The highest BCUT2D eigenvalue weighted by molar-refractivity contribution is 8.02. The lowest BCUT2D eigenvalue weighted by Gasteiger charge is -2.09. The van der Waals surface area contributed by atoms with E-state index in [0.717, 1.165) is 11.8 Å². The van der Waals surface area contributed by atoms with Gasteiger partial charge in [0.15, 0.2) is 5.57 Å². The summed E-state index contributed by atoms with van der Waals surface area (Å²) in [6.07, 6.45) is 1.70. The summed E-state index contributed by atoms with van der Waals surface area (Å²) in [5.41, 5.74) is 1.23. The first-order valence-corrected chi connectivity index (χ1v) is 8.56. The Morgan fingerprint density at radius 3 is 2.48 bits per heavy atom. The molecule has 7 nitrogen and oxygen atoms in total. The minimum absolute atomic E-state index is 0.177. The van der Waals surface area contributed by atoms with Gasteiger partial charge < -0.3 is 10.1 Å². The van der Waals surface area contributed by atoms with Crippen molar-refractivity contribution < 1.29 is 9.53 Å². The SMILES string of the molecule is COC(=O)/C(C#N)=C(\Nc1c(C)n(C)n(-c2ccccc2)c1=O)SC. The number of para-hydroxylation sites is 1. The fraction of sp³-hybridized carbons (Fsp3) is 0.235. The molecule has 2 rings (SSSR count). The molecule has 0 fully saturated rings. The number of thioether (sulfide) groups is 1. The van der Waals surface area contributed by atoms with Crippen LogP contribution in [0.5, 0.6) is 0 Å². The average molecular weight is 358 g/mol. The molecule has 0 aliphatic carbocycles. The third kappa shape index (κ3) is 3.46. The van der Waals surface area contributed by atoms with Crippen LogP contribution < -0.4 is 10.9 Å². The van der Waals surface area contributed by atoms with Crippen LogP contribution >= 0.6 is 11.8 Å². The predicted molar refractivity (Wildman–Crippen MR) is 97.5 cm³/mol. The normalized spacial score (nSPS) is 11.5. The summed E-state index contributed by atoms with van der Waals surface area (Å²) in [6.45, 7) is 1.78. The van der Waals surface area contributed by atoms with Crippen molar-refractivity contribution in [2.75, 3.05) is 18.7 Å². The molecule has 130 valence electrons. The second kappa shape index (κ2) is 7.77. The quantitative estimate of drug-likeness (QED) is 0.501. The van der Waals surface area contributed by atoms with Crippen LogP contribution in [0.4, 0.5) is 5.69 Å². The van der Waals surface area contributed by atoms with Crippen molar-refractivity contribution in [3.63, 3.8) is 0 Å². The number of hydrogen-bond acceptors (Lipinski definition) is 6. The molecule has 25 heavy (non-hydrogen) atoms. The summed E-state index contributed by atoms with van der Waals surface area (Å²) in [4.78, 5) is 24.6. The van der Waals surface area contributed by atoms with Gasteiger partial charge in [-0.15, -0.1) is 11.8 Å². The lowest BCUT2D eigenvalue weighted by Crippen LogP contribution is -2.21. The number of carbonyl (C=O) groups excluding carboxylic acids is 1. The van der Waals surface area contributed by atoms with Gasteiger partial charge in [0.1, 0.15) is 11.8 Å². The van der Waals surface area contributed by atoms with Crippen LogP contribution in [0.15, 0.2) is 45.7 Å². The summed E-state index contributed by atoms with van der Waals surface area (Å²) in [5.74, 6) is -0.753. The van der Waals surface area contributed by atoms with Gasteiger partial charge in [-0.05, 0) is 25.3 Å². The van der Waals surface area contributed by atoms with Gasteiger partial charge in [0.05, 0.1) is 23.5 Å². The predicted octanol–water partition coefficient (Wildman–Crippen LogP) is 2.17. The zero-order valence-electron chi connectivity index (χ0n) is 14.4. The smallest absolute Gasteiger partial charge is 0.351 e. The maximum atomic E-state index is 12.9. The molecule has 1 N–H and O–H groups in total. The van der Waals surface area contributed by atoms with Crippen molar-refractivity contribution >= 4 is 23.4 Å². The molecule has 0 amide bonds. The number of esters is 1. The Morgan fingerprint density at radius 1 is 1.32 bits per heavy atom. The van der Waals surface area contributed by atoms with Gasteiger partial charge in [0.2, 0.25) is 0 Å². The second-order valence-electron chi connectivity index (χ2n) is 5.07. The van der Waals surface area contributed by atoms with Crippen LogP contribution in [0.25, 0.3) is 5.69 Å². The maximum absolute atomic E-state index is 12.9. The summed E-state index contributed by atoms with van der Waals surface area (Å²) in [7, 11) is 2.97. The van der Waals surface area contributed by atoms with E-state index in [2.05, 4.69) is 10.1 Å². The first kappa shape index (κ1) is 18.4. The van der Waals surface area contributed by atoms with Crippen LogP contribution in [0.3, 0.4) is 0 Å². The van der Waals surface area contributed by atoms with E-state index in [1.807, 2.05) is 36.4 Å². The Morgan fingerprint density at radius 2 is 1.96 bits per heavy atom. The van der Waals surface area contributed by atoms with Crippen molar-refractivity contribution in [3.8, 4) is 11.8 Å². The molecule has 0 atom stereocenters. The highest BCUT2D eigenvalue weighted by atomic mass is 32.2. The number of nitrogens with zero attached hydrogens (tertiary/aromatic N) is 3. The highest BCUT2D eigenvalue weighted by Crippen LogP contribution is 2.22. The third-order valence-electron chi connectivity index (χ3n) is 3.73. The summed E-state index contributed by atoms with van der Waals surface area (Å²) < 4.78 is 7.85. The van der Waals surface area contributed by atoms with Crippen LogP contribution in [0.2, 0.25) is 0 Å². The number of aromatic nitrogens is 2. The number of carbonyl (C=O) groups is 1. The molecule has 1 aromatic carbocycles. The molecule has 1 aromatic heterocycles. The standard InChI is InChI=1S/C17H18N4O3S/c1-11-14(19-15(25-4)13(10-18)17(23)24-3)16(22)21(20(11)2)12-8-6-5-7-9-12/h5-9,19H,1-4H3/b15-13+. The van der Waals surface area contributed by atoms with Gasteiger partial charge in [-0.3, -0.25) is 9.48 Å². The number of nitrogens with one attached hydrogen (secondary N) is 1. The fourth-order valence-electron chi connectivity index (χ4n) is 2.33. The molecular formula is C17H18N4O3S. The fourth-order valence-corrected chi connectivity index (χ4v) is 2.87. The first-order valence-electron chi connectivity index (χ1n) is 7.34. The molecule has 0 aliphatic rings. The second-order valence-corrected chi connectivity index (χ2v) is 5.89. The van der Waals surface area contributed by atoms with E-state index in [0.29, 0.717) is 17.1 Å². The molecular weight excluding hydrogens is 340 g/mol. The van der Waals surface area contributed by atoms with E-state index in [1.165, 1.54) is 11.8 Å². The number of hydrogen-bond donors (Lipinski definition) is 1. The van der Waals surface area contributed by atoms with E-state index >= 15 is 0 Å². The van der Waals surface area contributed by atoms with Gasteiger partial charge in [-0.1, -0.05) is 18.2 Å². The Bertz CT molecular complexity index is 920. The van der Waals surface area contributed by atoms with Crippen molar-refractivity contribution in [2.24, 2.45) is 7.05 Å². The molecule has 0 radical (unpaired) electrons. The monoisotopic (exact) mass is 358 g/mol.